The molecule has 0 spiro atoms. The van der Waals surface area contributed by atoms with Gasteiger partial charge in [-0.2, -0.15) is 0 Å². The molecule has 2 heteroatoms. The fourth-order valence-corrected chi connectivity index (χ4v) is 1.55. The van der Waals surface area contributed by atoms with Gasteiger partial charge in [-0.3, -0.25) is 9.78 Å². The molecule has 0 bridgehead atoms. The Morgan fingerprint density at radius 3 is 2.93 bits per heavy atom. The Morgan fingerprint density at radius 2 is 2.33 bits per heavy atom. The summed E-state index contributed by atoms with van der Waals surface area (Å²) in [4.78, 5) is 15.8. The molecule has 1 unspecified atom stereocenters. The molecule has 0 amide bonds. The Kier molecular flexibility index (Phi) is 5.02. The lowest BCUT2D eigenvalue weighted by Crippen LogP contribution is -2.13. The van der Waals surface area contributed by atoms with Crippen molar-refractivity contribution in [1.29, 1.82) is 0 Å². The summed E-state index contributed by atoms with van der Waals surface area (Å²) in [5.41, 5.74) is 1.02. The topological polar surface area (TPSA) is 30.0 Å². The molecule has 1 atom stereocenters. The second-order valence-corrected chi connectivity index (χ2v) is 4.05. The molecule has 0 saturated carbocycles. The molecule has 82 valence electrons. The van der Waals surface area contributed by atoms with Gasteiger partial charge in [0.15, 0.2) is 0 Å². The van der Waals surface area contributed by atoms with E-state index in [2.05, 4.69) is 11.9 Å². The van der Waals surface area contributed by atoms with Gasteiger partial charge in [-0.1, -0.05) is 32.8 Å². The number of ketones is 1. The number of hydrogen-bond donors (Lipinski definition) is 0. The van der Waals surface area contributed by atoms with Crippen LogP contribution in [0.5, 0.6) is 0 Å². The second kappa shape index (κ2) is 6.33. The minimum Gasteiger partial charge on any atom is -0.299 e. The molecule has 0 aromatic carbocycles. The molecular formula is C13H19NO. The van der Waals surface area contributed by atoms with E-state index >= 15 is 0 Å². The molecule has 15 heavy (non-hydrogen) atoms. The standard InChI is InChI=1S/C13H19NO/c1-3-4-6-11(2)13(15)9-12-7-5-8-14-10-12/h5,7-8,10-11H,3-4,6,9H2,1-2H3. The van der Waals surface area contributed by atoms with Gasteiger partial charge in [-0.25, -0.2) is 0 Å². The Bertz CT molecular complexity index is 295. The Balaban J connectivity index is 2.42. The van der Waals surface area contributed by atoms with Crippen LogP contribution in [0.15, 0.2) is 24.5 Å². The molecule has 0 N–H and O–H groups in total. The lowest BCUT2D eigenvalue weighted by molar-refractivity contribution is -0.121. The fourth-order valence-electron chi connectivity index (χ4n) is 1.55. The molecule has 0 radical (unpaired) electrons. The van der Waals surface area contributed by atoms with Crippen molar-refractivity contribution in [3.05, 3.63) is 30.1 Å². The van der Waals surface area contributed by atoms with Gasteiger partial charge in [-0.15, -0.1) is 0 Å². The number of pyridine rings is 1. The van der Waals surface area contributed by atoms with Gasteiger partial charge >= 0.3 is 0 Å². The summed E-state index contributed by atoms with van der Waals surface area (Å²) in [5.74, 6) is 0.515. The zero-order chi connectivity index (χ0) is 11.1. The molecule has 0 saturated heterocycles. The van der Waals surface area contributed by atoms with E-state index < -0.39 is 0 Å². The van der Waals surface area contributed by atoms with Gasteiger partial charge in [0.2, 0.25) is 0 Å². The summed E-state index contributed by atoms with van der Waals surface area (Å²) in [6.45, 7) is 4.17. The van der Waals surface area contributed by atoms with Crippen molar-refractivity contribution in [2.24, 2.45) is 5.92 Å². The van der Waals surface area contributed by atoms with Gasteiger partial charge < -0.3 is 0 Å². The molecule has 0 aliphatic heterocycles. The van der Waals surface area contributed by atoms with Crippen molar-refractivity contribution in [2.45, 2.75) is 39.5 Å². The van der Waals surface area contributed by atoms with Crippen molar-refractivity contribution >= 4 is 5.78 Å². The SMILES string of the molecule is CCCCC(C)C(=O)Cc1cccnc1. The molecule has 0 fully saturated rings. The summed E-state index contributed by atoms with van der Waals surface area (Å²) < 4.78 is 0. The highest BCUT2D eigenvalue weighted by molar-refractivity contribution is 5.82. The second-order valence-electron chi connectivity index (χ2n) is 4.05. The molecule has 1 aromatic heterocycles. The first kappa shape index (κ1) is 11.9. The van der Waals surface area contributed by atoms with Crippen molar-refractivity contribution in [3.63, 3.8) is 0 Å². The predicted octanol–water partition coefficient (Wildman–Crippen LogP) is 3.02. The summed E-state index contributed by atoms with van der Waals surface area (Å²) >= 11 is 0. The van der Waals surface area contributed by atoms with E-state index in [0.29, 0.717) is 12.2 Å². The maximum absolute atomic E-state index is 11.8. The van der Waals surface area contributed by atoms with Crippen LogP contribution in [0.2, 0.25) is 0 Å². The summed E-state index contributed by atoms with van der Waals surface area (Å²) in [6, 6.07) is 3.83. The van der Waals surface area contributed by atoms with Crippen LogP contribution in [0.3, 0.4) is 0 Å². The average molecular weight is 205 g/mol. The van der Waals surface area contributed by atoms with E-state index in [0.717, 1.165) is 24.8 Å². The van der Waals surface area contributed by atoms with Crippen LogP contribution < -0.4 is 0 Å². The minimum absolute atomic E-state index is 0.185. The van der Waals surface area contributed by atoms with Crippen LogP contribution in [-0.4, -0.2) is 10.8 Å². The molecule has 0 aliphatic rings. The number of hydrogen-bond acceptors (Lipinski definition) is 2. The van der Waals surface area contributed by atoms with Crippen LogP contribution >= 0.6 is 0 Å². The van der Waals surface area contributed by atoms with Gasteiger partial charge in [-0.05, 0) is 18.1 Å². The van der Waals surface area contributed by atoms with Gasteiger partial charge in [0.05, 0.1) is 0 Å². The van der Waals surface area contributed by atoms with Crippen molar-refractivity contribution < 1.29 is 4.79 Å². The third kappa shape index (κ3) is 4.24. The van der Waals surface area contributed by atoms with E-state index in [1.54, 1.807) is 12.4 Å². The molecule has 2 nitrogen and oxygen atoms in total. The fraction of sp³-hybridized carbons (Fsp3) is 0.538. The Morgan fingerprint density at radius 1 is 1.53 bits per heavy atom. The zero-order valence-electron chi connectivity index (χ0n) is 9.57. The molecule has 0 aliphatic carbocycles. The predicted molar refractivity (Wildman–Crippen MR) is 61.6 cm³/mol. The quantitative estimate of drug-likeness (QED) is 0.714. The molecule has 1 heterocycles. The first-order chi connectivity index (χ1) is 7.24. The lowest BCUT2D eigenvalue weighted by Gasteiger charge is -2.09. The number of carbonyl (C=O) groups excluding carboxylic acids is 1. The van der Waals surface area contributed by atoms with Gasteiger partial charge in [0, 0.05) is 24.7 Å². The van der Waals surface area contributed by atoms with Gasteiger partial charge in [0.25, 0.3) is 0 Å². The Hall–Kier alpha value is -1.18. The summed E-state index contributed by atoms with van der Waals surface area (Å²) in [6.07, 6.45) is 7.33. The van der Waals surface area contributed by atoms with Crippen molar-refractivity contribution in [2.75, 3.05) is 0 Å². The highest BCUT2D eigenvalue weighted by atomic mass is 16.1. The van der Waals surface area contributed by atoms with E-state index in [1.807, 2.05) is 19.1 Å². The zero-order valence-corrected chi connectivity index (χ0v) is 9.57. The lowest BCUT2D eigenvalue weighted by atomic mass is 9.95. The minimum atomic E-state index is 0.185. The molecule has 1 aromatic rings. The largest absolute Gasteiger partial charge is 0.299 e. The first-order valence-corrected chi connectivity index (χ1v) is 5.65. The van der Waals surface area contributed by atoms with Crippen molar-refractivity contribution in [3.8, 4) is 0 Å². The van der Waals surface area contributed by atoms with E-state index in [-0.39, 0.29) is 5.92 Å². The first-order valence-electron chi connectivity index (χ1n) is 5.65. The number of aromatic nitrogens is 1. The third-order valence-corrected chi connectivity index (χ3v) is 2.64. The maximum Gasteiger partial charge on any atom is 0.140 e. The number of Topliss-reactive ketones (excluding diaryl/α,β-unsaturated/α-hetero) is 1. The van der Waals surface area contributed by atoms with Gasteiger partial charge in [0.1, 0.15) is 5.78 Å². The van der Waals surface area contributed by atoms with Crippen LogP contribution in [0, 0.1) is 5.92 Å². The van der Waals surface area contributed by atoms with Crippen LogP contribution in [0.25, 0.3) is 0 Å². The molecule has 1 rings (SSSR count). The van der Waals surface area contributed by atoms with Crippen LogP contribution in [-0.2, 0) is 11.2 Å². The van der Waals surface area contributed by atoms with E-state index in [4.69, 9.17) is 0 Å². The number of unbranched alkanes of at least 4 members (excludes halogenated alkanes) is 1. The average Bonchev–Trinajstić information content (AvgIpc) is 2.27. The third-order valence-electron chi connectivity index (χ3n) is 2.64. The highest BCUT2D eigenvalue weighted by Gasteiger charge is 2.12. The van der Waals surface area contributed by atoms with E-state index in [1.165, 1.54) is 0 Å². The highest BCUT2D eigenvalue weighted by Crippen LogP contribution is 2.11. The number of nitrogens with zero attached hydrogens (tertiary/aromatic N) is 1. The summed E-state index contributed by atoms with van der Waals surface area (Å²) in [7, 11) is 0. The molecular weight excluding hydrogens is 186 g/mol. The number of rotatable bonds is 6. The normalized spacial score (nSPS) is 12.4. The van der Waals surface area contributed by atoms with Crippen molar-refractivity contribution in [1.82, 2.24) is 4.98 Å². The van der Waals surface area contributed by atoms with Crippen LogP contribution in [0.4, 0.5) is 0 Å². The van der Waals surface area contributed by atoms with E-state index in [9.17, 15) is 4.79 Å². The summed E-state index contributed by atoms with van der Waals surface area (Å²) in [5, 5.41) is 0. The number of carbonyl (C=O) groups is 1. The smallest absolute Gasteiger partial charge is 0.140 e. The monoisotopic (exact) mass is 205 g/mol. The van der Waals surface area contributed by atoms with Crippen LogP contribution in [0.1, 0.15) is 38.7 Å². The maximum atomic E-state index is 11.8. The Labute approximate surface area is 91.7 Å².